The molecule has 1 heteroatoms. The van der Waals surface area contributed by atoms with Gasteiger partial charge in [-0.15, -0.1) is 0 Å². The summed E-state index contributed by atoms with van der Waals surface area (Å²) >= 11 is 0. The molecule has 0 heterocycles. The number of rotatable bonds is 2. The van der Waals surface area contributed by atoms with E-state index in [0.717, 1.165) is 37.5 Å². The summed E-state index contributed by atoms with van der Waals surface area (Å²) in [5, 5.41) is 0. The zero-order valence-corrected chi connectivity index (χ0v) is 11.8. The lowest BCUT2D eigenvalue weighted by Crippen LogP contribution is -2.38. The molecule has 2 rings (SSSR count). The third kappa shape index (κ3) is 2.74. The number of hydrogen-bond acceptors (Lipinski definition) is 1. The predicted molar refractivity (Wildman–Crippen MR) is 71.9 cm³/mol. The fraction of sp³-hybridized carbons (Fsp3) is 0.938. The van der Waals surface area contributed by atoms with Gasteiger partial charge in [0.2, 0.25) is 0 Å². The van der Waals surface area contributed by atoms with Gasteiger partial charge in [-0.05, 0) is 43.9 Å². The molecule has 3 unspecified atom stereocenters. The van der Waals surface area contributed by atoms with Crippen molar-refractivity contribution in [2.45, 2.75) is 72.1 Å². The van der Waals surface area contributed by atoms with Gasteiger partial charge in [-0.1, -0.05) is 40.0 Å². The molecule has 2 fully saturated rings. The molecule has 2 aliphatic rings. The van der Waals surface area contributed by atoms with Gasteiger partial charge < -0.3 is 0 Å². The van der Waals surface area contributed by atoms with Gasteiger partial charge in [0.1, 0.15) is 5.78 Å². The number of ketones is 1. The molecule has 17 heavy (non-hydrogen) atoms. The van der Waals surface area contributed by atoms with Crippen LogP contribution in [0.25, 0.3) is 0 Å². The van der Waals surface area contributed by atoms with Crippen molar-refractivity contribution in [3.63, 3.8) is 0 Å². The minimum atomic E-state index is 0.0310. The van der Waals surface area contributed by atoms with E-state index in [0.29, 0.717) is 11.7 Å². The number of carbonyl (C=O) groups excluding carboxylic acids is 1. The van der Waals surface area contributed by atoms with Crippen molar-refractivity contribution in [3.05, 3.63) is 0 Å². The highest BCUT2D eigenvalue weighted by Gasteiger charge is 2.40. The normalized spacial score (nSPS) is 37.7. The van der Waals surface area contributed by atoms with E-state index in [1.54, 1.807) is 0 Å². The van der Waals surface area contributed by atoms with Crippen LogP contribution in [0.15, 0.2) is 0 Å². The Morgan fingerprint density at radius 1 is 1.00 bits per heavy atom. The van der Waals surface area contributed by atoms with Crippen LogP contribution in [0.1, 0.15) is 72.1 Å². The third-order valence-electron chi connectivity index (χ3n) is 5.52. The summed E-state index contributed by atoms with van der Waals surface area (Å²) in [4.78, 5) is 12.7. The molecule has 0 N–H and O–H groups in total. The van der Waals surface area contributed by atoms with E-state index in [1.165, 1.54) is 25.7 Å². The van der Waals surface area contributed by atoms with E-state index in [1.807, 2.05) is 0 Å². The maximum atomic E-state index is 12.7. The number of hydrogen-bond donors (Lipinski definition) is 0. The summed E-state index contributed by atoms with van der Waals surface area (Å²) in [6.07, 6.45) is 9.71. The summed E-state index contributed by atoms with van der Waals surface area (Å²) in [5.74, 6) is 2.54. The van der Waals surface area contributed by atoms with Gasteiger partial charge in [0.05, 0.1) is 0 Å². The molecule has 3 atom stereocenters. The van der Waals surface area contributed by atoms with Crippen molar-refractivity contribution in [1.82, 2.24) is 0 Å². The van der Waals surface area contributed by atoms with E-state index < -0.39 is 0 Å². The maximum Gasteiger partial charge on any atom is 0.141 e. The van der Waals surface area contributed by atoms with E-state index in [4.69, 9.17) is 0 Å². The molecule has 98 valence electrons. The zero-order valence-electron chi connectivity index (χ0n) is 11.8. The first-order valence-corrected chi connectivity index (χ1v) is 7.57. The van der Waals surface area contributed by atoms with Crippen LogP contribution in [0.5, 0.6) is 0 Å². The molecule has 0 aromatic carbocycles. The summed E-state index contributed by atoms with van der Waals surface area (Å²) in [7, 11) is 0. The van der Waals surface area contributed by atoms with Crippen LogP contribution in [0.2, 0.25) is 0 Å². The second-order valence-corrected chi connectivity index (χ2v) is 6.95. The quantitative estimate of drug-likeness (QED) is 0.685. The van der Waals surface area contributed by atoms with Gasteiger partial charge in [0.15, 0.2) is 0 Å². The van der Waals surface area contributed by atoms with Crippen molar-refractivity contribution in [3.8, 4) is 0 Å². The Morgan fingerprint density at radius 3 is 2.24 bits per heavy atom. The molecule has 2 saturated carbocycles. The predicted octanol–water partition coefficient (Wildman–Crippen LogP) is 4.60. The van der Waals surface area contributed by atoms with Crippen molar-refractivity contribution in [2.24, 2.45) is 23.2 Å². The Bertz CT molecular complexity index is 275. The van der Waals surface area contributed by atoms with Gasteiger partial charge in [-0.25, -0.2) is 0 Å². The van der Waals surface area contributed by atoms with Crippen LogP contribution in [-0.4, -0.2) is 5.78 Å². The SMILES string of the molecule is CC1CCC(C(=O)C2(C)CCCCC2)CC1C. The minimum Gasteiger partial charge on any atom is -0.299 e. The van der Waals surface area contributed by atoms with Crippen LogP contribution >= 0.6 is 0 Å². The average Bonchev–Trinajstić information content (AvgIpc) is 2.33. The highest BCUT2D eigenvalue weighted by molar-refractivity contribution is 5.86. The Balaban J connectivity index is 1.99. The number of Topliss-reactive ketones (excluding diaryl/α,β-unsaturated/α-hetero) is 1. The highest BCUT2D eigenvalue weighted by Crippen LogP contribution is 2.43. The Labute approximate surface area is 106 Å². The summed E-state index contributed by atoms with van der Waals surface area (Å²) < 4.78 is 0. The molecule has 2 aliphatic carbocycles. The fourth-order valence-electron chi connectivity index (χ4n) is 3.86. The van der Waals surface area contributed by atoms with Gasteiger partial charge in [0.25, 0.3) is 0 Å². The van der Waals surface area contributed by atoms with E-state index >= 15 is 0 Å². The topological polar surface area (TPSA) is 17.1 Å². The second kappa shape index (κ2) is 5.12. The van der Waals surface area contributed by atoms with Crippen molar-refractivity contribution < 1.29 is 4.79 Å². The van der Waals surface area contributed by atoms with Crippen molar-refractivity contribution in [1.29, 1.82) is 0 Å². The standard InChI is InChI=1S/C16H28O/c1-12-7-8-14(11-13(12)2)15(17)16(3)9-5-4-6-10-16/h12-14H,4-11H2,1-3H3. The van der Waals surface area contributed by atoms with E-state index in [9.17, 15) is 4.79 Å². The van der Waals surface area contributed by atoms with Crippen molar-refractivity contribution >= 4 is 5.78 Å². The van der Waals surface area contributed by atoms with Crippen LogP contribution in [0, 0.1) is 23.2 Å². The molecule has 0 aromatic rings. The van der Waals surface area contributed by atoms with Gasteiger partial charge in [0, 0.05) is 11.3 Å². The molecule has 1 nitrogen and oxygen atoms in total. The maximum absolute atomic E-state index is 12.7. The first kappa shape index (κ1) is 13.1. The first-order chi connectivity index (χ1) is 8.03. The molecule has 0 spiro atoms. The zero-order chi connectivity index (χ0) is 12.5. The largest absolute Gasteiger partial charge is 0.299 e. The lowest BCUT2D eigenvalue weighted by atomic mass is 9.64. The molecule has 0 saturated heterocycles. The molecule has 0 amide bonds. The van der Waals surface area contributed by atoms with E-state index in [2.05, 4.69) is 20.8 Å². The minimum absolute atomic E-state index is 0.0310. The Kier molecular flexibility index (Phi) is 3.95. The van der Waals surface area contributed by atoms with Gasteiger partial charge in [-0.3, -0.25) is 4.79 Å². The Morgan fingerprint density at radius 2 is 1.65 bits per heavy atom. The van der Waals surface area contributed by atoms with Gasteiger partial charge in [-0.2, -0.15) is 0 Å². The fourth-order valence-corrected chi connectivity index (χ4v) is 3.86. The van der Waals surface area contributed by atoms with Crippen LogP contribution in [0.4, 0.5) is 0 Å². The third-order valence-corrected chi connectivity index (χ3v) is 5.52. The first-order valence-electron chi connectivity index (χ1n) is 7.57. The summed E-state index contributed by atoms with van der Waals surface area (Å²) in [6, 6.07) is 0. The molecule has 0 aromatic heterocycles. The monoisotopic (exact) mass is 236 g/mol. The molecular weight excluding hydrogens is 208 g/mol. The van der Waals surface area contributed by atoms with Crippen LogP contribution in [0.3, 0.4) is 0 Å². The smallest absolute Gasteiger partial charge is 0.141 e. The lowest BCUT2D eigenvalue weighted by molar-refractivity contribution is -0.135. The second-order valence-electron chi connectivity index (χ2n) is 6.95. The Hall–Kier alpha value is -0.330. The number of carbonyl (C=O) groups is 1. The highest BCUT2D eigenvalue weighted by atomic mass is 16.1. The van der Waals surface area contributed by atoms with Crippen molar-refractivity contribution in [2.75, 3.05) is 0 Å². The van der Waals surface area contributed by atoms with E-state index in [-0.39, 0.29) is 5.41 Å². The molecule has 0 bridgehead atoms. The molecule has 0 aliphatic heterocycles. The lowest BCUT2D eigenvalue weighted by Gasteiger charge is -2.39. The van der Waals surface area contributed by atoms with Crippen LogP contribution < -0.4 is 0 Å². The van der Waals surface area contributed by atoms with Crippen LogP contribution in [-0.2, 0) is 4.79 Å². The summed E-state index contributed by atoms with van der Waals surface area (Å²) in [5.41, 5.74) is 0.0310. The summed E-state index contributed by atoms with van der Waals surface area (Å²) in [6.45, 7) is 6.90. The average molecular weight is 236 g/mol. The van der Waals surface area contributed by atoms with Gasteiger partial charge >= 0.3 is 0 Å². The molecular formula is C16H28O. The molecule has 0 radical (unpaired) electrons.